The minimum atomic E-state index is 0.562. The van der Waals surface area contributed by atoms with Crippen molar-refractivity contribution in [2.24, 2.45) is 5.73 Å². The zero-order valence-corrected chi connectivity index (χ0v) is 13.5. The summed E-state index contributed by atoms with van der Waals surface area (Å²) in [5, 5.41) is 1.08. The lowest BCUT2D eigenvalue weighted by Crippen LogP contribution is -2.03. The van der Waals surface area contributed by atoms with Gasteiger partial charge >= 0.3 is 0 Å². The highest BCUT2D eigenvalue weighted by Crippen LogP contribution is 2.33. The molecule has 0 spiro atoms. The summed E-state index contributed by atoms with van der Waals surface area (Å²) in [5.74, 6) is 0.571. The lowest BCUT2D eigenvalue weighted by molar-refractivity contribution is 0.864. The van der Waals surface area contributed by atoms with Gasteiger partial charge in [0.05, 0.1) is 0 Å². The maximum absolute atomic E-state index is 5.91. The zero-order valence-electron chi connectivity index (χ0n) is 12.7. The molecule has 110 valence electrons. The number of benzene rings is 1. The quantitative estimate of drug-likeness (QED) is 0.914. The minimum absolute atomic E-state index is 0.562. The molecule has 3 heteroatoms. The third-order valence-corrected chi connectivity index (χ3v) is 5.13. The van der Waals surface area contributed by atoms with Crippen LogP contribution in [0.1, 0.15) is 48.6 Å². The fourth-order valence-corrected chi connectivity index (χ4v) is 3.69. The van der Waals surface area contributed by atoms with Crippen LogP contribution in [0.15, 0.2) is 40.3 Å². The van der Waals surface area contributed by atoms with E-state index in [2.05, 4.69) is 44.2 Å². The number of aromatic nitrogens is 1. The Morgan fingerprint density at radius 3 is 2.62 bits per heavy atom. The van der Waals surface area contributed by atoms with Gasteiger partial charge in [0.15, 0.2) is 0 Å². The van der Waals surface area contributed by atoms with Crippen molar-refractivity contribution in [1.82, 2.24) is 4.98 Å². The Bertz CT molecular complexity index is 632. The van der Waals surface area contributed by atoms with Crippen LogP contribution in [0.3, 0.4) is 0 Å². The number of nitrogens with two attached hydrogens (primary N) is 1. The van der Waals surface area contributed by atoms with Crippen LogP contribution < -0.4 is 5.73 Å². The Morgan fingerprint density at radius 1 is 1.19 bits per heavy atom. The lowest BCUT2D eigenvalue weighted by Gasteiger charge is -2.11. The van der Waals surface area contributed by atoms with Gasteiger partial charge in [-0.05, 0) is 54.0 Å². The van der Waals surface area contributed by atoms with Gasteiger partial charge in [-0.2, -0.15) is 0 Å². The molecule has 21 heavy (non-hydrogen) atoms. The van der Waals surface area contributed by atoms with Crippen molar-refractivity contribution in [3.63, 3.8) is 0 Å². The average Bonchev–Trinajstić information content (AvgIpc) is 2.94. The summed E-state index contributed by atoms with van der Waals surface area (Å²) in [6.07, 6.45) is 3.49. The van der Waals surface area contributed by atoms with Gasteiger partial charge < -0.3 is 5.73 Å². The maximum Gasteiger partial charge on any atom is 0.106 e. The van der Waals surface area contributed by atoms with E-state index in [4.69, 9.17) is 10.7 Å². The van der Waals surface area contributed by atoms with E-state index in [0.29, 0.717) is 12.5 Å². The fourth-order valence-electron chi connectivity index (χ4n) is 2.77. The Kier molecular flexibility index (Phi) is 4.32. The molecular weight excluding hydrogens is 276 g/mol. The molecule has 0 unspecified atom stereocenters. The molecule has 1 heterocycles. The highest BCUT2D eigenvalue weighted by molar-refractivity contribution is 7.99. The topological polar surface area (TPSA) is 38.9 Å². The van der Waals surface area contributed by atoms with Crippen molar-refractivity contribution in [2.75, 3.05) is 0 Å². The van der Waals surface area contributed by atoms with Crippen LogP contribution >= 0.6 is 11.8 Å². The molecular formula is C18H22N2S. The van der Waals surface area contributed by atoms with Gasteiger partial charge in [0.25, 0.3) is 0 Å². The predicted molar refractivity (Wildman–Crippen MR) is 88.8 cm³/mol. The Hall–Kier alpha value is -1.32. The van der Waals surface area contributed by atoms with Crippen LogP contribution in [0.4, 0.5) is 0 Å². The van der Waals surface area contributed by atoms with Gasteiger partial charge in [-0.25, -0.2) is 4.98 Å². The first-order valence-corrected chi connectivity index (χ1v) is 8.48. The largest absolute Gasteiger partial charge is 0.326 e. The molecule has 1 aromatic heterocycles. The number of aryl methyl sites for hydroxylation is 2. The van der Waals surface area contributed by atoms with Crippen LogP contribution in [-0.2, 0) is 19.4 Å². The van der Waals surface area contributed by atoms with Gasteiger partial charge in [0.1, 0.15) is 5.03 Å². The van der Waals surface area contributed by atoms with Gasteiger partial charge in [0.2, 0.25) is 0 Å². The molecule has 0 atom stereocenters. The van der Waals surface area contributed by atoms with Crippen LogP contribution in [0.5, 0.6) is 0 Å². The normalized spacial score (nSPS) is 13.7. The first kappa shape index (κ1) is 14.6. The smallest absolute Gasteiger partial charge is 0.106 e. The molecule has 0 aliphatic heterocycles. The van der Waals surface area contributed by atoms with Crippen LogP contribution in [0.25, 0.3) is 0 Å². The van der Waals surface area contributed by atoms with Crippen LogP contribution in [-0.4, -0.2) is 4.98 Å². The van der Waals surface area contributed by atoms with E-state index in [-0.39, 0.29) is 0 Å². The van der Waals surface area contributed by atoms with Crippen molar-refractivity contribution in [3.05, 3.63) is 52.7 Å². The first-order valence-electron chi connectivity index (χ1n) is 7.67. The number of hydrogen-bond donors (Lipinski definition) is 1. The summed E-state index contributed by atoms with van der Waals surface area (Å²) in [6, 6.07) is 11.1. The third-order valence-electron chi connectivity index (χ3n) is 4.07. The summed E-state index contributed by atoms with van der Waals surface area (Å²) in [7, 11) is 0. The summed E-state index contributed by atoms with van der Waals surface area (Å²) in [5.41, 5.74) is 11.1. The van der Waals surface area contributed by atoms with Gasteiger partial charge in [-0.15, -0.1) is 0 Å². The van der Waals surface area contributed by atoms with E-state index in [1.165, 1.54) is 33.7 Å². The van der Waals surface area contributed by atoms with E-state index in [9.17, 15) is 0 Å². The standard InChI is InChI=1S/C18H22N2S/c1-12(2)13-6-8-16(9-7-13)21-18-15(11-19)10-14-4-3-5-17(14)20-18/h6-10,12H,3-5,11,19H2,1-2H3. The monoisotopic (exact) mass is 298 g/mol. The molecule has 0 amide bonds. The Morgan fingerprint density at radius 2 is 1.95 bits per heavy atom. The summed E-state index contributed by atoms with van der Waals surface area (Å²) >= 11 is 1.73. The minimum Gasteiger partial charge on any atom is -0.326 e. The van der Waals surface area contributed by atoms with E-state index >= 15 is 0 Å². The molecule has 2 N–H and O–H groups in total. The Labute approximate surface area is 131 Å². The second-order valence-corrected chi connectivity index (χ2v) is 7.00. The van der Waals surface area contributed by atoms with Crippen molar-refractivity contribution >= 4 is 11.8 Å². The lowest BCUT2D eigenvalue weighted by atomic mass is 10.0. The second-order valence-electron chi connectivity index (χ2n) is 5.94. The SMILES string of the molecule is CC(C)c1ccc(Sc2nc3c(cc2CN)CCC3)cc1. The van der Waals surface area contributed by atoms with Crippen LogP contribution in [0, 0.1) is 0 Å². The van der Waals surface area contributed by atoms with Gasteiger partial charge in [0, 0.05) is 17.1 Å². The average molecular weight is 298 g/mol. The van der Waals surface area contributed by atoms with Crippen molar-refractivity contribution < 1.29 is 0 Å². The molecule has 2 aromatic rings. The molecule has 0 saturated carbocycles. The number of pyridine rings is 1. The number of nitrogens with zero attached hydrogens (tertiary/aromatic N) is 1. The number of fused-ring (bicyclic) bond motifs is 1. The van der Waals surface area contributed by atoms with E-state index in [1.54, 1.807) is 11.8 Å². The maximum atomic E-state index is 5.91. The summed E-state index contributed by atoms with van der Waals surface area (Å²) < 4.78 is 0. The fraction of sp³-hybridized carbons (Fsp3) is 0.389. The number of rotatable bonds is 4. The molecule has 1 aliphatic carbocycles. The van der Waals surface area contributed by atoms with Crippen molar-refractivity contribution in [2.45, 2.75) is 55.5 Å². The Balaban J connectivity index is 1.87. The molecule has 0 fully saturated rings. The van der Waals surface area contributed by atoms with Crippen LogP contribution in [0.2, 0.25) is 0 Å². The molecule has 3 rings (SSSR count). The molecule has 0 radical (unpaired) electrons. The third kappa shape index (κ3) is 3.14. The van der Waals surface area contributed by atoms with Crippen molar-refractivity contribution in [3.8, 4) is 0 Å². The predicted octanol–water partition coefficient (Wildman–Crippen LogP) is 4.30. The molecule has 1 aliphatic rings. The molecule has 1 aromatic carbocycles. The van der Waals surface area contributed by atoms with Gasteiger partial charge in [-0.1, -0.05) is 43.8 Å². The molecule has 0 bridgehead atoms. The highest BCUT2D eigenvalue weighted by atomic mass is 32.2. The van der Waals surface area contributed by atoms with E-state index < -0.39 is 0 Å². The molecule has 0 saturated heterocycles. The molecule has 2 nitrogen and oxygen atoms in total. The first-order chi connectivity index (χ1) is 10.2. The van der Waals surface area contributed by atoms with E-state index in [1.807, 2.05) is 0 Å². The summed E-state index contributed by atoms with van der Waals surface area (Å²) in [6.45, 7) is 5.00. The summed E-state index contributed by atoms with van der Waals surface area (Å²) in [4.78, 5) is 6.10. The van der Waals surface area contributed by atoms with Crippen molar-refractivity contribution in [1.29, 1.82) is 0 Å². The number of hydrogen-bond acceptors (Lipinski definition) is 3. The second kappa shape index (κ2) is 6.20. The zero-order chi connectivity index (χ0) is 14.8. The highest BCUT2D eigenvalue weighted by Gasteiger charge is 2.16. The van der Waals surface area contributed by atoms with E-state index in [0.717, 1.165) is 17.9 Å². The van der Waals surface area contributed by atoms with Gasteiger partial charge in [-0.3, -0.25) is 0 Å².